The van der Waals surface area contributed by atoms with Gasteiger partial charge >= 0.3 is 0 Å². The lowest BCUT2D eigenvalue weighted by atomic mass is 10.2. The molecule has 0 saturated carbocycles. The highest BCUT2D eigenvalue weighted by Crippen LogP contribution is 2.28. The average molecular weight is 271 g/mol. The van der Waals surface area contributed by atoms with Crippen molar-refractivity contribution in [1.29, 1.82) is 0 Å². The van der Waals surface area contributed by atoms with Gasteiger partial charge in [-0.15, -0.1) is 11.8 Å². The Hall–Kier alpha value is -0.580. The summed E-state index contributed by atoms with van der Waals surface area (Å²) in [6.07, 6.45) is -0.448. The molecule has 0 fully saturated rings. The van der Waals surface area contributed by atoms with E-state index in [1.807, 2.05) is 13.0 Å². The van der Waals surface area contributed by atoms with E-state index in [0.717, 1.165) is 5.56 Å². The summed E-state index contributed by atoms with van der Waals surface area (Å²) in [4.78, 5) is 0.594. The van der Waals surface area contributed by atoms with Gasteiger partial charge in [0, 0.05) is 22.7 Å². The van der Waals surface area contributed by atoms with Crippen LogP contribution in [0.25, 0.3) is 0 Å². The quantitative estimate of drug-likeness (QED) is 0.779. The molecule has 2 unspecified atom stereocenters. The smallest absolute Gasteiger partial charge is 0.137 e. The first-order chi connectivity index (χ1) is 8.40. The number of rotatable bonds is 6. The fourth-order valence-electron chi connectivity index (χ4n) is 1.37. The van der Waals surface area contributed by atoms with Crippen molar-refractivity contribution in [1.82, 2.24) is 5.32 Å². The van der Waals surface area contributed by atoms with Crippen LogP contribution >= 0.6 is 11.8 Å². The van der Waals surface area contributed by atoms with Crippen molar-refractivity contribution < 1.29 is 9.50 Å². The summed E-state index contributed by atoms with van der Waals surface area (Å²) in [5.74, 6) is -0.212. The molecule has 0 radical (unpaired) electrons. The maximum atomic E-state index is 13.9. The predicted octanol–water partition coefficient (Wildman–Crippen LogP) is 3.19. The summed E-state index contributed by atoms with van der Waals surface area (Å²) in [5, 5.41) is 12.7. The van der Waals surface area contributed by atoms with Crippen LogP contribution < -0.4 is 5.32 Å². The molecule has 102 valence electrons. The number of benzene rings is 1. The number of hydrogen-bond donors (Lipinski definition) is 2. The molecule has 18 heavy (non-hydrogen) atoms. The van der Waals surface area contributed by atoms with Crippen LogP contribution in [0.15, 0.2) is 23.1 Å². The zero-order chi connectivity index (χ0) is 13.7. The molecule has 1 aromatic carbocycles. The molecule has 2 nitrogen and oxygen atoms in total. The van der Waals surface area contributed by atoms with Gasteiger partial charge in [-0.05, 0) is 24.6 Å². The summed E-state index contributed by atoms with van der Waals surface area (Å²) in [7, 11) is 0. The minimum Gasteiger partial charge on any atom is -0.392 e. The SMILES string of the molecule is CC(C)NCc1ccc(SC(C)C(C)O)c(F)c1. The van der Waals surface area contributed by atoms with Crippen molar-refractivity contribution in [2.24, 2.45) is 0 Å². The predicted molar refractivity (Wildman–Crippen MR) is 75.4 cm³/mol. The van der Waals surface area contributed by atoms with Gasteiger partial charge < -0.3 is 10.4 Å². The van der Waals surface area contributed by atoms with Crippen LogP contribution in [0.2, 0.25) is 0 Å². The first-order valence-electron chi connectivity index (χ1n) is 6.26. The van der Waals surface area contributed by atoms with Crippen molar-refractivity contribution in [3.63, 3.8) is 0 Å². The number of nitrogens with one attached hydrogen (secondary N) is 1. The van der Waals surface area contributed by atoms with Gasteiger partial charge in [-0.1, -0.05) is 26.8 Å². The third-order valence-electron chi connectivity index (χ3n) is 2.70. The Kier molecular flexibility index (Phi) is 6.12. The molecule has 2 atom stereocenters. The number of halogens is 1. The maximum absolute atomic E-state index is 13.9. The molecule has 4 heteroatoms. The monoisotopic (exact) mass is 271 g/mol. The lowest BCUT2D eigenvalue weighted by molar-refractivity contribution is 0.196. The molecular weight excluding hydrogens is 249 g/mol. The van der Waals surface area contributed by atoms with Crippen LogP contribution in [0.1, 0.15) is 33.3 Å². The van der Waals surface area contributed by atoms with Gasteiger partial charge in [0.2, 0.25) is 0 Å². The van der Waals surface area contributed by atoms with Crippen molar-refractivity contribution in [3.8, 4) is 0 Å². The molecule has 1 aromatic rings. The number of aliphatic hydroxyl groups excluding tert-OH is 1. The summed E-state index contributed by atoms with van der Waals surface area (Å²) >= 11 is 1.37. The Morgan fingerprint density at radius 3 is 2.44 bits per heavy atom. The Morgan fingerprint density at radius 1 is 1.28 bits per heavy atom. The molecule has 0 amide bonds. The van der Waals surface area contributed by atoms with Crippen LogP contribution in [-0.2, 0) is 6.54 Å². The van der Waals surface area contributed by atoms with Crippen molar-refractivity contribution >= 4 is 11.8 Å². The Bertz CT molecular complexity index is 382. The third kappa shape index (κ3) is 4.96. The molecule has 0 spiro atoms. The molecule has 0 aromatic heterocycles. The van der Waals surface area contributed by atoms with E-state index in [-0.39, 0.29) is 11.1 Å². The van der Waals surface area contributed by atoms with Crippen LogP contribution in [-0.4, -0.2) is 22.5 Å². The number of aliphatic hydroxyl groups is 1. The third-order valence-corrected chi connectivity index (χ3v) is 4.05. The summed E-state index contributed by atoms with van der Waals surface area (Å²) in [6, 6.07) is 5.66. The highest BCUT2D eigenvalue weighted by atomic mass is 32.2. The van der Waals surface area contributed by atoms with Gasteiger partial charge in [0.05, 0.1) is 6.10 Å². The van der Waals surface area contributed by atoms with Gasteiger partial charge in [0.15, 0.2) is 0 Å². The highest BCUT2D eigenvalue weighted by molar-refractivity contribution is 8.00. The normalized spacial score (nSPS) is 14.8. The zero-order valence-corrected chi connectivity index (χ0v) is 12.2. The fraction of sp³-hybridized carbons (Fsp3) is 0.571. The van der Waals surface area contributed by atoms with Gasteiger partial charge in [-0.2, -0.15) is 0 Å². The first-order valence-corrected chi connectivity index (χ1v) is 7.14. The van der Waals surface area contributed by atoms with E-state index in [4.69, 9.17) is 0 Å². The van der Waals surface area contributed by atoms with E-state index in [2.05, 4.69) is 19.2 Å². The van der Waals surface area contributed by atoms with Crippen LogP contribution in [0.3, 0.4) is 0 Å². The van der Waals surface area contributed by atoms with Gasteiger partial charge in [-0.25, -0.2) is 4.39 Å². The molecular formula is C14H22FNOS. The van der Waals surface area contributed by atoms with Gasteiger partial charge in [0.1, 0.15) is 5.82 Å². The Morgan fingerprint density at radius 2 is 1.94 bits per heavy atom. The second-order valence-electron chi connectivity index (χ2n) is 4.86. The fourth-order valence-corrected chi connectivity index (χ4v) is 2.29. The minimum atomic E-state index is -0.448. The van der Waals surface area contributed by atoms with Gasteiger partial charge in [0.25, 0.3) is 0 Å². The zero-order valence-electron chi connectivity index (χ0n) is 11.4. The maximum Gasteiger partial charge on any atom is 0.137 e. The van der Waals surface area contributed by atoms with Crippen LogP contribution in [0, 0.1) is 5.82 Å². The number of hydrogen-bond acceptors (Lipinski definition) is 3. The van der Waals surface area contributed by atoms with Gasteiger partial charge in [-0.3, -0.25) is 0 Å². The Labute approximate surface area is 113 Å². The molecule has 2 N–H and O–H groups in total. The van der Waals surface area contributed by atoms with Crippen molar-refractivity contribution in [3.05, 3.63) is 29.6 Å². The van der Waals surface area contributed by atoms with E-state index in [1.54, 1.807) is 19.1 Å². The van der Waals surface area contributed by atoms with E-state index in [9.17, 15) is 9.50 Å². The second kappa shape index (κ2) is 7.12. The molecule has 0 bridgehead atoms. The highest BCUT2D eigenvalue weighted by Gasteiger charge is 2.13. The van der Waals surface area contributed by atoms with E-state index >= 15 is 0 Å². The van der Waals surface area contributed by atoms with E-state index in [1.165, 1.54) is 11.8 Å². The van der Waals surface area contributed by atoms with E-state index in [0.29, 0.717) is 17.5 Å². The lowest BCUT2D eigenvalue weighted by Crippen LogP contribution is -2.21. The summed E-state index contributed by atoms with van der Waals surface area (Å²) < 4.78 is 13.9. The second-order valence-corrected chi connectivity index (χ2v) is 6.28. The molecule has 1 rings (SSSR count). The van der Waals surface area contributed by atoms with Crippen molar-refractivity contribution in [2.75, 3.05) is 0 Å². The minimum absolute atomic E-state index is 0.0147. The summed E-state index contributed by atoms with van der Waals surface area (Å²) in [5.41, 5.74) is 0.940. The summed E-state index contributed by atoms with van der Waals surface area (Å²) in [6.45, 7) is 8.40. The largest absolute Gasteiger partial charge is 0.392 e. The van der Waals surface area contributed by atoms with E-state index < -0.39 is 6.10 Å². The molecule has 0 heterocycles. The average Bonchev–Trinajstić information content (AvgIpc) is 2.29. The number of thioether (sulfide) groups is 1. The standard InChI is InChI=1S/C14H22FNOS/c1-9(2)16-8-12-5-6-14(13(15)7-12)18-11(4)10(3)17/h5-7,9-11,16-17H,8H2,1-4H3. The van der Waals surface area contributed by atoms with Crippen LogP contribution in [0.5, 0.6) is 0 Å². The first kappa shape index (κ1) is 15.5. The Balaban J connectivity index is 2.67. The van der Waals surface area contributed by atoms with Crippen molar-refractivity contribution in [2.45, 2.75) is 56.5 Å². The topological polar surface area (TPSA) is 32.3 Å². The lowest BCUT2D eigenvalue weighted by Gasteiger charge is -2.15. The van der Waals surface area contributed by atoms with Crippen LogP contribution in [0.4, 0.5) is 4.39 Å². The molecule has 0 saturated heterocycles. The molecule has 0 aliphatic rings. The molecule has 0 aliphatic heterocycles. The molecule has 0 aliphatic carbocycles.